The van der Waals surface area contributed by atoms with Crippen LogP contribution in [0.1, 0.15) is 37.3 Å². The van der Waals surface area contributed by atoms with Gasteiger partial charge in [-0.05, 0) is 36.6 Å². The van der Waals surface area contributed by atoms with Gasteiger partial charge in [0.05, 0.1) is 31.8 Å². The Bertz CT molecular complexity index is 1430. The smallest absolute Gasteiger partial charge is 0.229 e. The highest BCUT2D eigenvalue weighted by Gasteiger charge is 2.25. The van der Waals surface area contributed by atoms with Crippen LogP contribution in [-0.2, 0) is 11.3 Å². The molecular weight excluding hydrogens is 520 g/mol. The number of aliphatic hydroxyl groups is 1. The lowest BCUT2D eigenvalue weighted by Gasteiger charge is -2.34. The Labute approximate surface area is 239 Å². The first-order valence-electron chi connectivity index (χ1n) is 14.6. The summed E-state index contributed by atoms with van der Waals surface area (Å²) in [7, 11) is 0. The predicted octanol–water partition coefficient (Wildman–Crippen LogP) is 3.45. The molecule has 3 N–H and O–H groups in total. The Morgan fingerprint density at radius 2 is 1.78 bits per heavy atom. The van der Waals surface area contributed by atoms with Crippen molar-refractivity contribution in [3.63, 3.8) is 0 Å². The molecule has 0 amide bonds. The summed E-state index contributed by atoms with van der Waals surface area (Å²) in [6, 6.07) is 11.6. The Hall–Kier alpha value is -3.80. The lowest BCUT2D eigenvalue weighted by Crippen LogP contribution is -2.48. The molecule has 2 fully saturated rings. The number of hydrogen-bond acceptors (Lipinski definition) is 10. The second kappa shape index (κ2) is 12.8. The van der Waals surface area contributed by atoms with Crippen LogP contribution in [0.15, 0.2) is 48.9 Å². The molecule has 0 bridgehead atoms. The molecule has 1 saturated heterocycles. The average molecular weight is 559 g/mol. The van der Waals surface area contributed by atoms with Gasteiger partial charge in [0.15, 0.2) is 17.0 Å². The number of aromatic nitrogens is 5. The van der Waals surface area contributed by atoms with Gasteiger partial charge in [-0.3, -0.25) is 9.88 Å². The number of phenols is 1. The summed E-state index contributed by atoms with van der Waals surface area (Å²) in [4.78, 5) is 24.0. The van der Waals surface area contributed by atoms with Crippen molar-refractivity contribution in [2.75, 3.05) is 62.8 Å². The number of hydrogen-bond donors (Lipinski definition) is 3. The molecule has 0 spiro atoms. The van der Waals surface area contributed by atoms with Crippen molar-refractivity contribution in [2.24, 2.45) is 0 Å². The Kier molecular flexibility index (Phi) is 8.54. The molecule has 0 unspecified atom stereocenters. The molecule has 1 aromatic carbocycles. The van der Waals surface area contributed by atoms with Gasteiger partial charge in [0.1, 0.15) is 5.75 Å². The number of para-hydroxylation sites is 1. The largest absolute Gasteiger partial charge is 0.507 e. The third-order valence-corrected chi connectivity index (χ3v) is 8.04. The topological polar surface area (TPSA) is 125 Å². The fourth-order valence-corrected chi connectivity index (χ4v) is 5.72. The quantitative estimate of drug-likeness (QED) is 0.236. The Morgan fingerprint density at radius 3 is 2.54 bits per heavy atom. The van der Waals surface area contributed by atoms with E-state index in [9.17, 15) is 5.11 Å². The van der Waals surface area contributed by atoms with Crippen LogP contribution in [0, 0.1) is 0 Å². The number of imidazole rings is 1. The Balaban J connectivity index is 1.20. The van der Waals surface area contributed by atoms with Gasteiger partial charge in [0.2, 0.25) is 5.95 Å². The zero-order chi connectivity index (χ0) is 28.0. The van der Waals surface area contributed by atoms with Crippen LogP contribution < -0.4 is 10.2 Å². The molecule has 1 aliphatic heterocycles. The van der Waals surface area contributed by atoms with Gasteiger partial charge in [-0.1, -0.05) is 31.0 Å². The number of phenolic OH excluding ortho intramolecular Hbond substituents is 1. The molecule has 1 saturated carbocycles. The number of nitrogens with one attached hydrogen (secondary N) is 1. The average Bonchev–Trinajstić information content (AvgIpc) is 3.69. The van der Waals surface area contributed by atoms with E-state index in [1.807, 2.05) is 36.8 Å². The van der Waals surface area contributed by atoms with Crippen LogP contribution in [0.2, 0.25) is 0 Å². The number of benzene rings is 1. The number of nitrogens with zero attached hydrogens (tertiary/aromatic N) is 7. The van der Waals surface area contributed by atoms with Crippen LogP contribution in [0.4, 0.5) is 11.8 Å². The van der Waals surface area contributed by atoms with Crippen LogP contribution >= 0.6 is 0 Å². The van der Waals surface area contributed by atoms with Gasteiger partial charge in [0.25, 0.3) is 0 Å². The minimum absolute atomic E-state index is 0.0570. The SMILES string of the molecule is OCCOCCN1CCN(c2nc(NCc3ccc(-c4ccccc4O)nc3)c3ncn(C4CCCC4)c3n2)CC1. The monoisotopic (exact) mass is 558 g/mol. The van der Waals surface area contributed by atoms with Crippen LogP contribution in [0.3, 0.4) is 0 Å². The number of piperazine rings is 1. The van der Waals surface area contributed by atoms with E-state index in [0.717, 1.165) is 79.8 Å². The van der Waals surface area contributed by atoms with E-state index in [1.165, 1.54) is 12.8 Å². The summed E-state index contributed by atoms with van der Waals surface area (Å²) >= 11 is 0. The summed E-state index contributed by atoms with van der Waals surface area (Å²) < 4.78 is 7.69. The molecule has 2 aliphatic rings. The number of fused-ring (bicyclic) bond motifs is 1. The second-order valence-electron chi connectivity index (χ2n) is 10.7. The third kappa shape index (κ3) is 6.27. The van der Waals surface area contributed by atoms with Crippen molar-refractivity contribution < 1.29 is 14.9 Å². The summed E-state index contributed by atoms with van der Waals surface area (Å²) in [5.74, 6) is 1.67. The van der Waals surface area contributed by atoms with Gasteiger partial charge in [-0.15, -0.1) is 0 Å². The summed E-state index contributed by atoms with van der Waals surface area (Å²) in [5, 5.41) is 22.6. The summed E-state index contributed by atoms with van der Waals surface area (Å²) in [6.45, 7) is 5.94. The van der Waals surface area contributed by atoms with Crippen molar-refractivity contribution in [3.8, 4) is 17.0 Å². The number of pyridine rings is 1. The molecular formula is C30H38N8O3. The van der Waals surface area contributed by atoms with Gasteiger partial charge in [0, 0.05) is 57.1 Å². The van der Waals surface area contributed by atoms with E-state index in [1.54, 1.807) is 12.1 Å². The van der Waals surface area contributed by atoms with E-state index < -0.39 is 0 Å². The molecule has 4 heterocycles. The highest BCUT2D eigenvalue weighted by molar-refractivity contribution is 5.84. The van der Waals surface area contributed by atoms with E-state index in [0.29, 0.717) is 31.4 Å². The molecule has 4 aromatic rings. The van der Waals surface area contributed by atoms with Gasteiger partial charge < -0.3 is 29.7 Å². The highest BCUT2D eigenvalue weighted by atomic mass is 16.5. The van der Waals surface area contributed by atoms with Crippen LogP contribution in [0.5, 0.6) is 5.75 Å². The molecule has 6 rings (SSSR count). The molecule has 11 nitrogen and oxygen atoms in total. The normalized spacial score (nSPS) is 16.6. The number of ether oxygens (including phenoxy) is 1. The molecule has 41 heavy (non-hydrogen) atoms. The number of anilines is 2. The maximum atomic E-state index is 10.2. The predicted molar refractivity (Wildman–Crippen MR) is 158 cm³/mol. The first-order valence-corrected chi connectivity index (χ1v) is 14.6. The number of aromatic hydroxyl groups is 1. The highest BCUT2D eigenvalue weighted by Crippen LogP contribution is 2.34. The third-order valence-electron chi connectivity index (χ3n) is 8.04. The maximum Gasteiger partial charge on any atom is 0.229 e. The second-order valence-corrected chi connectivity index (χ2v) is 10.7. The van der Waals surface area contributed by atoms with Crippen molar-refractivity contribution in [1.29, 1.82) is 0 Å². The fraction of sp³-hybridized carbons (Fsp3) is 0.467. The number of rotatable bonds is 11. The fourth-order valence-electron chi connectivity index (χ4n) is 5.72. The summed E-state index contributed by atoms with van der Waals surface area (Å²) in [6.07, 6.45) is 8.54. The molecule has 1 aliphatic carbocycles. The van der Waals surface area contributed by atoms with Crippen LogP contribution in [-0.4, -0.2) is 92.2 Å². The summed E-state index contributed by atoms with van der Waals surface area (Å²) in [5.41, 5.74) is 4.12. The zero-order valence-electron chi connectivity index (χ0n) is 23.3. The maximum absolute atomic E-state index is 10.2. The molecule has 0 atom stereocenters. The van der Waals surface area contributed by atoms with E-state index in [2.05, 4.69) is 24.7 Å². The van der Waals surface area contributed by atoms with Crippen LogP contribution in [0.25, 0.3) is 22.4 Å². The van der Waals surface area contributed by atoms with E-state index in [4.69, 9.17) is 24.8 Å². The Morgan fingerprint density at radius 1 is 0.951 bits per heavy atom. The van der Waals surface area contributed by atoms with Crippen molar-refractivity contribution >= 4 is 22.9 Å². The minimum Gasteiger partial charge on any atom is -0.507 e. The van der Waals surface area contributed by atoms with Gasteiger partial charge in [-0.25, -0.2) is 4.98 Å². The van der Waals surface area contributed by atoms with E-state index in [-0.39, 0.29) is 12.4 Å². The van der Waals surface area contributed by atoms with Gasteiger partial charge in [-0.2, -0.15) is 9.97 Å². The standard InChI is InChI=1S/C30H38N8O3/c39-16-18-41-17-15-36-11-13-37(14-12-36)30-34-28(27-29(35-30)38(21-33-27)23-5-1-2-6-23)32-20-22-9-10-25(31-19-22)24-7-3-4-8-26(24)40/h3-4,7-10,19,21,23,39-40H,1-2,5-6,11-18,20H2,(H,32,34,35). The van der Waals surface area contributed by atoms with Crippen molar-refractivity contribution in [2.45, 2.75) is 38.3 Å². The first kappa shape index (κ1) is 27.4. The molecule has 3 aromatic heterocycles. The number of aliphatic hydroxyl groups excluding tert-OH is 1. The van der Waals surface area contributed by atoms with E-state index >= 15 is 0 Å². The zero-order valence-corrected chi connectivity index (χ0v) is 23.3. The molecule has 216 valence electrons. The minimum atomic E-state index is 0.0570. The van der Waals surface area contributed by atoms with Crippen molar-refractivity contribution in [3.05, 3.63) is 54.5 Å². The molecule has 0 radical (unpaired) electrons. The first-order chi connectivity index (χ1) is 20.2. The molecule has 11 heteroatoms. The van der Waals surface area contributed by atoms with Gasteiger partial charge >= 0.3 is 0 Å². The van der Waals surface area contributed by atoms with Crippen molar-refractivity contribution in [1.82, 2.24) is 29.4 Å². The lowest BCUT2D eigenvalue weighted by molar-refractivity contribution is 0.0724. The lowest BCUT2D eigenvalue weighted by atomic mass is 10.1.